The molecule has 0 saturated carbocycles. The van der Waals surface area contributed by atoms with Gasteiger partial charge in [0, 0.05) is 12.0 Å². The van der Waals surface area contributed by atoms with Crippen molar-refractivity contribution in [1.82, 2.24) is 5.32 Å². The number of hydrogen-bond donors (Lipinski definition) is 1. The second-order valence-corrected chi connectivity index (χ2v) is 4.40. The number of benzene rings is 1. The van der Waals surface area contributed by atoms with Crippen LogP contribution in [-0.2, 0) is 5.41 Å². The van der Waals surface area contributed by atoms with Crippen LogP contribution in [-0.4, -0.2) is 20.2 Å². The molecule has 0 spiro atoms. The first kappa shape index (κ1) is 12.1. The molecule has 1 aromatic rings. The summed E-state index contributed by atoms with van der Waals surface area (Å²) in [6, 6.07) is 8.28. The third-order valence-electron chi connectivity index (χ3n) is 2.67. The van der Waals surface area contributed by atoms with Crippen LogP contribution in [0.25, 0.3) is 0 Å². The van der Waals surface area contributed by atoms with Crippen LogP contribution in [0.4, 0.5) is 0 Å². The minimum absolute atomic E-state index is 0.143. The molecule has 84 valence electrons. The summed E-state index contributed by atoms with van der Waals surface area (Å²) < 4.78 is 5.23. The zero-order valence-corrected chi connectivity index (χ0v) is 10.1. The van der Waals surface area contributed by atoms with Gasteiger partial charge in [0.1, 0.15) is 5.75 Å². The summed E-state index contributed by atoms with van der Waals surface area (Å²) in [6.45, 7) is 8.60. The maximum Gasteiger partial charge on any atom is 0.119 e. The Labute approximate surface area is 92.6 Å². The van der Waals surface area contributed by atoms with Crippen molar-refractivity contribution in [2.45, 2.75) is 26.2 Å². The molecule has 0 radical (unpaired) electrons. The molecular weight excluding hydrogens is 186 g/mol. The van der Waals surface area contributed by atoms with E-state index in [1.165, 1.54) is 5.56 Å². The first-order valence-electron chi connectivity index (χ1n) is 5.45. The summed E-state index contributed by atoms with van der Waals surface area (Å²) in [5.41, 5.74) is 1.45. The largest absolute Gasteiger partial charge is 0.497 e. The molecule has 0 heterocycles. The number of hydrogen-bond acceptors (Lipinski definition) is 2. The summed E-state index contributed by atoms with van der Waals surface area (Å²) >= 11 is 0. The van der Waals surface area contributed by atoms with Crippen LogP contribution >= 0.6 is 0 Å². The van der Waals surface area contributed by atoms with E-state index in [1.807, 2.05) is 12.1 Å². The van der Waals surface area contributed by atoms with E-state index in [9.17, 15) is 0 Å². The van der Waals surface area contributed by atoms with Crippen LogP contribution in [0.3, 0.4) is 0 Å². The fourth-order valence-corrected chi connectivity index (χ4v) is 1.58. The maximum absolute atomic E-state index is 5.23. The standard InChI is InChI=1S/C13H21NO/c1-5-14-10-13(2,3)11-7-6-8-12(9-11)15-4/h6-9,14H,5,10H2,1-4H3. The molecule has 0 atom stereocenters. The van der Waals surface area contributed by atoms with Gasteiger partial charge in [0.2, 0.25) is 0 Å². The van der Waals surface area contributed by atoms with Crippen LogP contribution < -0.4 is 10.1 Å². The highest BCUT2D eigenvalue weighted by molar-refractivity contribution is 5.33. The fourth-order valence-electron chi connectivity index (χ4n) is 1.58. The Morgan fingerprint density at radius 1 is 1.33 bits per heavy atom. The van der Waals surface area contributed by atoms with Crippen LogP contribution in [0.2, 0.25) is 0 Å². The van der Waals surface area contributed by atoms with Gasteiger partial charge in [-0.2, -0.15) is 0 Å². The second-order valence-electron chi connectivity index (χ2n) is 4.40. The van der Waals surface area contributed by atoms with Crippen molar-refractivity contribution in [3.05, 3.63) is 29.8 Å². The topological polar surface area (TPSA) is 21.3 Å². The van der Waals surface area contributed by atoms with Crippen LogP contribution in [0.15, 0.2) is 24.3 Å². The number of likely N-dealkylation sites (N-methyl/N-ethyl adjacent to an activating group) is 1. The molecule has 1 aromatic carbocycles. The van der Waals surface area contributed by atoms with Crippen LogP contribution in [0.5, 0.6) is 5.75 Å². The maximum atomic E-state index is 5.23. The zero-order chi connectivity index (χ0) is 11.3. The predicted octanol–water partition coefficient (Wildman–Crippen LogP) is 2.58. The molecule has 0 amide bonds. The van der Waals surface area contributed by atoms with E-state index in [0.29, 0.717) is 0 Å². The van der Waals surface area contributed by atoms with E-state index in [2.05, 4.69) is 38.2 Å². The van der Waals surface area contributed by atoms with Gasteiger partial charge in [0.15, 0.2) is 0 Å². The molecule has 2 nitrogen and oxygen atoms in total. The minimum Gasteiger partial charge on any atom is -0.497 e. The van der Waals surface area contributed by atoms with Crippen LogP contribution in [0, 0.1) is 0 Å². The van der Waals surface area contributed by atoms with E-state index in [0.717, 1.165) is 18.8 Å². The molecule has 0 aliphatic carbocycles. The van der Waals surface area contributed by atoms with Gasteiger partial charge in [-0.05, 0) is 24.2 Å². The Bertz CT molecular complexity index is 307. The van der Waals surface area contributed by atoms with Gasteiger partial charge in [-0.15, -0.1) is 0 Å². The normalized spacial score (nSPS) is 11.5. The fraction of sp³-hybridized carbons (Fsp3) is 0.538. The van der Waals surface area contributed by atoms with E-state index in [-0.39, 0.29) is 5.41 Å². The van der Waals surface area contributed by atoms with Crippen molar-refractivity contribution in [3.8, 4) is 5.75 Å². The molecule has 0 aliphatic rings. The number of ether oxygens (including phenoxy) is 1. The molecule has 0 aliphatic heterocycles. The average Bonchev–Trinajstić information content (AvgIpc) is 2.26. The Hall–Kier alpha value is -1.02. The van der Waals surface area contributed by atoms with Gasteiger partial charge < -0.3 is 10.1 Å². The lowest BCUT2D eigenvalue weighted by atomic mass is 9.84. The SMILES string of the molecule is CCNCC(C)(C)c1cccc(OC)c1. The van der Waals surface area contributed by atoms with Gasteiger partial charge in [0.25, 0.3) is 0 Å². The Morgan fingerprint density at radius 3 is 2.67 bits per heavy atom. The van der Waals surface area contributed by atoms with Crippen molar-refractivity contribution in [1.29, 1.82) is 0 Å². The summed E-state index contributed by atoms with van der Waals surface area (Å²) in [5, 5.41) is 3.38. The Kier molecular flexibility index (Phi) is 4.15. The molecule has 0 fully saturated rings. The molecule has 15 heavy (non-hydrogen) atoms. The lowest BCUT2D eigenvalue weighted by Crippen LogP contribution is -2.32. The summed E-state index contributed by atoms with van der Waals surface area (Å²) in [6.07, 6.45) is 0. The van der Waals surface area contributed by atoms with E-state index in [1.54, 1.807) is 7.11 Å². The summed E-state index contributed by atoms with van der Waals surface area (Å²) in [7, 11) is 1.70. The van der Waals surface area contributed by atoms with Gasteiger partial charge in [-0.25, -0.2) is 0 Å². The van der Waals surface area contributed by atoms with Gasteiger partial charge in [-0.3, -0.25) is 0 Å². The Morgan fingerprint density at radius 2 is 2.07 bits per heavy atom. The summed E-state index contributed by atoms with van der Waals surface area (Å²) in [5.74, 6) is 0.928. The highest BCUT2D eigenvalue weighted by Crippen LogP contribution is 2.25. The third kappa shape index (κ3) is 3.24. The monoisotopic (exact) mass is 207 g/mol. The van der Waals surface area contributed by atoms with Gasteiger partial charge in [-0.1, -0.05) is 32.9 Å². The minimum atomic E-state index is 0.143. The zero-order valence-electron chi connectivity index (χ0n) is 10.1. The lowest BCUT2D eigenvalue weighted by Gasteiger charge is -2.25. The Balaban J connectivity index is 2.83. The first-order chi connectivity index (χ1) is 7.10. The van der Waals surface area contributed by atoms with Gasteiger partial charge >= 0.3 is 0 Å². The molecular formula is C13H21NO. The van der Waals surface area contributed by atoms with Crippen molar-refractivity contribution in [2.24, 2.45) is 0 Å². The predicted molar refractivity (Wildman–Crippen MR) is 64.6 cm³/mol. The van der Waals surface area contributed by atoms with Crippen molar-refractivity contribution >= 4 is 0 Å². The second kappa shape index (κ2) is 5.17. The van der Waals surface area contributed by atoms with Crippen molar-refractivity contribution in [3.63, 3.8) is 0 Å². The quantitative estimate of drug-likeness (QED) is 0.801. The molecule has 1 N–H and O–H groups in total. The number of nitrogens with one attached hydrogen (secondary N) is 1. The number of methoxy groups -OCH3 is 1. The third-order valence-corrected chi connectivity index (χ3v) is 2.67. The molecule has 0 bridgehead atoms. The lowest BCUT2D eigenvalue weighted by molar-refractivity contribution is 0.410. The van der Waals surface area contributed by atoms with Crippen LogP contribution in [0.1, 0.15) is 26.3 Å². The smallest absolute Gasteiger partial charge is 0.119 e. The molecule has 2 heteroatoms. The summed E-state index contributed by atoms with van der Waals surface area (Å²) in [4.78, 5) is 0. The van der Waals surface area contributed by atoms with Gasteiger partial charge in [0.05, 0.1) is 7.11 Å². The van der Waals surface area contributed by atoms with Crippen molar-refractivity contribution in [2.75, 3.05) is 20.2 Å². The van der Waals surface area contributed by atoms with E-state index in [4.69, 9.17) is 4.74 Å². The molecule has 0 unspecified atom stereocenters. The van der Waals surface area contributed by atoms with E-state index < -0.39 is 0 Å². The number of rotatable bonds is 5. The highest BCUT2D eigenvalue weighted by Gasteiger charge is 2.19. The highest BCUT2D eigenvalue weighted by atomic mass is 16.5. The average molecular weight is 207 g/mol. The molecule has 1 rings (SSSR count). The van der Waals surface area contributed by atoms with E-state index >= 15 is 0 Å². The molecule has 0 saturated heterocycles. The molecule has 0 aromatic heterocycles. The van der Waals surface area contributed by atoms with Crippen molar-refractivity contribution < 1.29 is 4.74 Å². The first-order valence-corrected chi connectivity index (χ1v) is 5.45.